The quantitative estimate of drug-likeness (QED) is 0.588. The SMILES string of the molecule is CCN(CCNS(=O)(=O)CC(N)=S)C1CC1. The Kier molecular flexibility index (Phi) is 5.10. The summed E-state index contributed by atoms with van der Waals surface area (Å²) < 4.78 is 25.3. The van der Waals surface area contributed by atoms with Crippen molar-refractivity contribution in [3.05, 3.63) is 0 Å². The van der Waals surface area contributed by atoms with E-state index in [1.807, 2.05) is 0 Å². The van der Waals surface area contributed by atoms with E-state index < -0.39 is 10.0 Å². The Hall–Kier alpha value is -0.240. The molecule has 0 atom stereocenters. The van der Waals surface area contributed by atoms with E-state index in [1.165, 1.54) is 12.8 Å². The van der Waals surface area contributed by atoms with Crippen molar-refractivity contribution in [2.24, 2.45) is 5.73 Å². The number of nitrogens with one attached hydrogen (secondary N) is 1. The van der Waals surface area contributed by atoms with E-state index in [-0.39, 0.29) is 10.7 Å². The number of hydrogen-bond donors (Lipinski definition) is 2. The Morgan fingerprint density at radius 1 is 1.56 bits per heavy atom. The Morgan fingerprint density at radius 3 is 2.62 bits per heavy atom. The highest BCUT2D eigenvalue weighted by Gasteiger charge is 2.27. The van der Waals surface area contributed by atoms with Gasteiger partial charge in [-0.3, -0.25) is 4.90 Å². The van der Waals surface area contributed by atoms with Crippen LogP contribution in [0.4, 0.5) is 0 Å². The Morgan fingerprint density at radius 2 is 2.19 bits per heavy atom. The topological polar surface area (TPSA) is 75.4 Å². The van der Waals surface area contributed by atoms with Gasteiger partial charge in [-0.25, -0.2) is 13.1 Å². The molecule has 0 amide bonds. The van der Waals surface area contributed by atoms with Gasteiger partial charge < -0.3 is 5.73 Å². The number of sulfonamides is 1. The predicted octanol–water partition coefficient (Wildman–Crippen LogP) is -0.324. The van der Waals surface area contributed by atoms with Gasteiger partial charge in [-0.1, -0.05) is 19.1 Å². The average molecular weight is 265 g/mol. The lowest BCUT2D eigenvalue weighted by Crippen LogP contribution is -2.38. The molecular formula is C9H19N3O2S2. The van der Waals surface area contributed by atoms with Crippen LogP contribution in [0.3, 0.4) is 0 Å². The van der Waals surface area contributed by atoms with Crippen LogP contribution >= 0.6 is 12.2 Å². The van der Waals surface area contributed by atoms with E-state index in [4.69, 9.17) is 5.73 Å². The van der Waals surface area contributed by atoms with Gasteiger partial charge in [0.15, 0.2) is 0 Å². The highest BCUT2D eigenvalue weighted by Crippen LogP contribution is 2.25. The van der Waals surface area contributed by atoms with Gasteiger partial charge in [-0.2, -0.15) is 0 Å². The van der Waals surface area contributed by atoms with E-state index in [0.29, 0.717) is 12.6 Å². The first-order chi connectivity index (χ1) is 7.44. The normalized spacial score (nSPS) is 16.6. The number of nitrogens with two attached hydrogens (primary N) is 1. The molecular weight excluding hydrogens is 246 g/mol. The third kappa shape index (κ3) is 5.20. The summed E-state index contributed by atoms with van der Waals surface area (Å²) in [4.78, 5) is 2.28. The number of nitrogens with zero attached hydrogens (tertiary/aromatic N) is 1. The molecule has 16 heavy (non-hydrogen) atoms. The largest absolute Gasteiger partial charge is 0.392 e. The van der Waals surface area contributed by atoms with E-state index in [0.717, 1.165) is 13.1 Å². The minimum Gasteiger partial charge on any atom is -0.392 e. The Balaban J connectivity index is 2.25. The molecule has 1 aliphatic carbocycles. The molecule has 0 aromatic rings. The van der Waals surface area contributed by atoms with Gasteiger partial charge in [-0.05, 0) is 19.4 Å². The molecule has 0 aliphatic heterocycles. The van der Waals surface area contributed by atoms with Crippen LogP contribution in [0.15, 0.2) is 0 Å². The van der Waals surface area contributed by atoms with Crippen LogP contribution in [-0.4, -0.2) is 49.7 Å². The third-order valence-electron chi connectivity index (χ3n) is 2.52. The molecule has 0 bridgehead atoms. The lowest BCUT2D eigenvalue weighted by molar-refractivity contribution is 0.282. The van der Waals surface area contributed by atoms with Crippen molar-refractivity contribution in [3.8, 4) is 0 Å². The van der Waals surface area contributed by atoms with Crippen molar-refractivity contribution >= 4 is 27.2 Å². The fourth-order valence-electron chi connectivity index (χ4n) is 1.62. The first-order valence-electron chi connectivity index (χ1n) is 5.44. The summed E-state index contributed by atoms with van der Waals surface area (Å²) >= 11 is 4.57. The summed E-state index contributed by atoms with van der Waals surface area (Å²) in [5.41, 5.74) is 5.20. The van der Waals surface area contributed by atoms with Crippen LogP contribution in [0, 0.1) is 0 Å². The number of likely N-dealkylation sites (N-methyl/N-ethyl adjacent to an activating group) is 1. The lowest BCUT2D eigenvalue weighted by atomic mass is 10.4. The summed E-state index contributed by atoms with van der Waals surface area (Å²) in [6, 6.07) is 0.657. The molecule has 5 nitrogen and oxygen atoms in total. The van der Waals surface area contributed by atoms with Crippen molar-refractivity contribution in [3.63, 3.8) is 0 Å². The average Bonchev–Trinajstić information content (AvgIpc) is 2.93. The standard InChI is InChI=1S/C9H19N3O2S2/c1-2-12(8-3-4-8)6-5-11-16(13,14)7-9(10)15/h8,11H,2-7H2,1H3,(H2,10,15). The predicted molar refractivity (Wildman–Crippen MR) is 68.8 cm³/mol. The van der Waals surface area contributed by atoms with E-state index >= 15 is 0 Å². The van der Waals surface area contributed by atoms with Crippen molar-refractivity contribution in [2.45, 2.75) is 25.8 Å². The van der Waals surface area contributed by atoms with Crippen molar-refractivity contribution in [2.75, 3.05) is 25.4 Å². The second kappa shape index (κ2) is 5.90. The maximum Gasteiger partial charge on any atom is 0.218 e. The highest BCUT2D eigenvalue weighted by atomic mass is 32.2. The second-order valence-electron chi connectivity index (χ2n) is 3.98. The van der Waals surface area contributed by atoms with Crippen LogP contribution in [0.1, 0.15) is 19.8 Å². The second-order valence-corrected chi connectivity index (χ2v) is 6.31. The minimum atomic E-state index is -3.33. The molecule has 0 saturated heterocycles. The first-order valence-corrected chi connectivity index (χ1v) is 7.50. The van der Waals surface area contributed by atoms with Crippen LogP contribution in [0.2, 0.25) is 0 Å². The first kappa shape index (κ1) is 13.8. The minimum absolute atomic E-state index is 0.00189. The summed E-state index contributed by atoms with van der Waals surface area (Å²) in [5.74, 6) is -0.266. The van der Waals surface area contributed by atoms with Gasteiger partial charge in [0.25, 0.3) is 0 Å². The number of hydrogen-bond acceptors (Lipinski definition) is 4. The third-order valence-corrected chi connectivity index (χ3v) is 4.18. The molecule has 7 heteroatoms. The fourth-order valence-corrected chi connectivity index (χ4v) is 2.97. The monoisotopic (exact) mass is 265 g/mol. The summed E-state index contributed by atoms with van der Waals surface area (Å²) in [5, 5.41) is 0. The van der Waals surface area contributed by atoms with Crippen molar-refractivity contribution in [1.82, 2.24) is 9.62 Å². The van der Waals surface area contributed by atoms with Gasteiger partial charge in [0.05, 0.1) is 4.99 Å². The zero-order valence-corrected chi connectivity index (χ0v) is 11.1. The molecule has 1 saturated carbocycles. The maximum absolute atomic E-state index is 11.4. The van der Waals surface area contributed by atoms with Crippen LogP contribution < -0.4 is 10.5 Å². The highest BCUT2D eigenvalue weighted by molar-refractivity contribution is 7.92. The molecule has 0 aromatic carbocycles. The van der Waals surface area contributed by atoms with Crippen molar-refractivity contribution in [1.29, 1.82) is 0 Å². The fraction of sp³-hybridized carbons (Fsp3) is 0.889. The van der Waals surface area contributed by atoms with Gasteiger partial charge in [0, 0.05) is 19.1 Å². The Labute approximate surface area is 102 Å². The lowest BCUT2D eigenvalue weighted by Gasteiger charge is -2.19. The summed E-state index contributed by atoms with van der Waals surface area (Å²) in [7, 11) is -3.33. The molecule has 0 aromatic heterocycles. The smallest absolute Gasteiger partial charge is 0.218 e. The number of rotatable bonds is 8. The molecule has 94 valence electrons. The molecule has 0 radical (unpaired) electrons. The van der Waals surface area contributed by atoms with E-state index in [2.05, 4.69) is 28.8 Å². The van der Waals surface area contributed by atoms with Gasteiger partial charge >= 0.3 is 0 Å². The van der Waals surface area contributed by atoms with Crippen molar-refractivity contribution < 1.29 is 8.42 Å². The number of thiocarbonyl (C=S) groups is 1. The molecule has 1 rings (SSSR count). The molecule has 0 heterocycles. The molecule has 0 spiro atoms. The molecule has 3 N–H and O–H groups in total. The van der Waals surface area contributed by atoms with Gasteiger partial charge in [0.1, 0.15) is 5.75 Å². The maximum atomic E-state index is 11.4. The van der Waals surface area contributed by atoms with Crippen LogP contribution in [-0.2, 0) is 10.0 Å². The van der Waals surface area contributed by atoms with Gasteiger partial charge in [-0.15, -0.1) is 0 Å². The van der Waals surface area contributed by atoms with Gasteiger partial charge in [0.2, 0.25) is 10.0 Å². The molecule has 1 fully saturated rings. The zero-order chi connectivity index (χ0) is 12.2. The van der Waals surface area contributed by atoms with E-state index in [9.17, 15) is 8.42 Å². The zero-order valence-electron chi connectivity index (χ0n) is 9.48. The summed E-state index contributed by atoms with van der Waals surface area (Å²) in [6.07, 6.45) is 2.46. The van der Waals surface area contributed by atoms with E-state index in [1.54, 1.807) is 0 Å². The molecule has 0 unspecified atom stereocenters. The Bertz CT molecular complexity index is 339. The van der Waals surface area contributed by atoms with Crippen LogP contribution in [0.25, 0.3) is 0 Å². The molecule has 1 aliphatic rings. The summed E-state index contributed by atoms with van der Waals surface area (Å²) in [6.45, 7) is 4.22. The van der Waals surface area contributed by atoms with Crippen LogP contribution in [0.5, 0.6) is 0 Å².